The minimum absolute atomic E-state index is 0.196. The highest BCUT2D eigenvalue weighted by molar-refractivity contribution is 9.11. The Hall–Kier alpha value is -2.81. The van der Waals surface area contributed by atoms with Gasteiger partial charge in [-0.05, 0) is 66.4 Å². The van der Waals surface area contributed by atoms with E-state index in [1.807, 2.05) is 67.6 Å². The number of aromatic nitrogens is 1. The Morgan fingerprint density at radius 1 is 1.11 bits per heavy atom. The molecule has 0 fully saturated rings. The molecule has 0 N–H and O–H groups in total. The fourth-order valence-electron chi connectivity index (χ4n) is 4.47. The van der Waals surface area contributed by atoms with Crippen LogP contribution in [0.5, 0.6) is 0 Å². The lowest BCUT2D eigenvalue weighted by Crippen LogP contribution is -2.40. The predicted octanol–water partition coefficient (Wildman–Crippen LogP) is 5.78. The standard InChI is InChI=1S/C28H22Br2N2O3S/c1-4-35-27(34)24-16(3)31-28-32(25(24)20-11-7-9-18-8-5-6-10-19(18)20)26(33)23(36-28)14-17-12-21(29)15(2)22(30)13-17/h5-14,25H,4H2,1-3H3/b23-14-/t25-/m0/s1. The molecule has 0 aliphatic carbocycles. The quantitative estimate of drug-likeness (QED) is 0.270. The molecule has 182 valence electrons. The summed E-state index contributed by atoms with van der Waals surface area (Å²) in [7, 11) is 0. The van der Waals surface area contributed by atoms with Crippen LogP contribution in [0.4, 0.5) is 0 Å². The van der Waals surface area contributed by atoms with Gasteiger partial charge in [-0.3, -0.25) is 9.36 Å². The second-order valence-electron chi connectivity index (χ2n) is 8.48. The van der Waals surface area contributed by atoms with Crippen molar-refractivity contribution < 1.29 is 9.53 Å². The van der Waals surface area contributed by atoms with E-state index in [4.69, 9.17) is 4.74 Å². The summed E-state index contributed by atoms with van der Waals surface area (Å²) < 4.78 is 9.50. The van der Waals surface area contributed by atoms with Gasteiger partial charge in [-0.1, -0.05) is 85.7 Å². The molecule has 5 nitrogen and oxygen atoms in total. The number of ether oxygens (including phenoxy) is 1. The lowest BCUT2D eigenvalue weighted by molar-refractivity contribution is -0.139. The van der Waals surface area contributed by atoms with Gasteiger partial charge in [0.15, 0.2) is 4.80 Å². The number of rotatable bonds is 4. The zero-order valence-electron chi connectivity index (χ0n) is 19.8. The highest BCUT2D eigenvalue weighted by atomic mass is 79.9. The smallest absolute Gasteiger partial charge is 0.338 e. The summed E-state index contributed by atoms with van der Waals surface area (Å²) in [6.45, 7) is 5.82. The highest BCUT2D eigenvalue weighted by Gasteiger charge is 2.34. The molecule has 0 spiro atoms. The van der Waals surface area contributed by atoms with Crippen molar-refractivity contribution in [3.05, 3.63) is 111 Å². The number of halogens is 2. The number of hydrogen-bond acceptors (Lipinski definition) is 5. The number of nitrogens with zero attached hydrogens (tertiary/aromatic N) is 2. The molecule has 0 bridgehead atoms. The van der Waals surface area contributed by atoms with Crippen molar-refractivity contribution >= 4 is 66.0 Å². The summed E-state index contributed by atoms with van der Waals surface area (Å²) in [5, 5.41) is 2.01. The lowest BCUT2D eigenvalue weighted by atomic mass is 9.91. The Bertz CT molecular complexity index is 1720. The molecule has 1 aromatic heterocycles. The third kappa shape index (κ3) is 4.31. The maximum Gasteiger partial charge on any atom is 0.338 e. The van der Waals surface area contributed by atoms with Gasteiger partial charge in [-0.2, -0.15) is 0 Å². The summed E-state index contributed by atoms with van der Waals surface area (Å²) >= 11 is 8.50. The number of carbonyl (C=O) groups is 1. The van der Waals surface area contributed by atoms with Crippen LogP contribution in [0.2, 0.25) is 0 Å². The maximum absolute atomic E-state index is 13.9. The van der Waals surface area contributed by atoms with Crippen LogP contribution < -0.4 is 14.9 Å². The molecule has 36 heavy (non-hydrogen) atoms. The number of carbonyl (C=O) groups excluding carboxylic acids is 1. The molecule has 8 heteroatoms. The molecule has 0 unspecified atom stereocenters. The van der Waals surface area contributed by atoms with Gasteiger partial charge in [0, 0.05) is 8.95 Å². The number of esters is 1. The molecule has 2 heterocycles. The van der Waals surface area contributed by atoms with Gasteiger partial charge in [0.1, 0.15) is 0 Å². The van der Waals surface area contributed by atoms with Crippen LogP contribution in [0.3, 0.4) is 0 Å². The Morgan fingerprint density at radius 3 is 2.53 bits per heavy atom. The SMILES string of the molecule is CCOC(=O)C1=C(C)N=c2s/c(=C\c3cc(Br)c(C)c(Br)c3)c(=O)n2[C@H]1c1cccc2ccccc12. The summed E-state index contributed by atoms with van der Waals surface area (Å²) in [6.07, 6.45) is 1.86. The molecule has 0 radical (unpaired) electrons. The minimum Gasteiger partial charge on any atom is -0.463 e. The lowest BCUT2D eigenvalue weighted by Gasteiger charge is -2.25. The van der Waals surface area contributed by atoms with Crippen molar-refractivity contribution in [3.8, 4) is 0 Å². The van der Waals surface area contributed by atoms with Crippen molar-refractivity contribution in [2.24, 2.45) is 4.99 Å². The average Bonchev–Trinajstić information content (AvgIpc) is 3.15. The van der Waals surface area contributed by atoms with E-state index in [-0.39, 0.29) is 12.2 Å². The third-order valence-corrected chi connectivity index (χ3v) is 8.87. The van der Waals surface area contributed by atoms with E-state index in [2.05, 4.69) is 36.9 Å². The zero-order valence-corrected chi connectivity index (χ0v) is 23.8. The average molecular weight is 626 g/mol. The minimum atomic E-state index is -0.648. The van der Waals surface area contributed by atoms with Gasteiger partial charge in [0.25, 0.3) is 5.56 Å². The molecule has 5 rings (SSSR count). The van der Waals surface area contributed by atoms with E-state index < -0.39 is 12.0 Å². The van der Waals surface area contributed by atoms with E-state index in [1.165, 1.54) is 11.3 Å². The maximum atomic E-state index is 13.9. The number of benzene rings is 3. The Balaban J connectivity index is 1.80. The second kappa shape index (κ2) is 9.92. The fraction of sp³-hybridized carbons (Fsp3) is 0.179. The van der Waals surface area contributed by atoms with Crippen LogP contribution in [0.25, 0.3) is 16.8 Å². The molecular weight excluding hydrogens is 604 g/mol. The van der Waals surface area contributed by atoms with Crippen LogP contribution in [0.1, 0.15) is 36.6 Å². The topological polar surface area (TPSA) is 60.7 Å². The zero-order chi connectivity index (χ0) is 25.6. The molecule has 1 aliphatic rings. The Morgan fingerprint density at radius 2 is 1.81 bits per heavy atom. The van der Waals surface area contributed by atoms with Gasteiger partial charge in [0.05, 0.1) is 28.5 Å². The van der Waals surface area contributed by atoms with Crippen molar-refractivity contribution in [2.45, 2.75) is 26.8 Å². The number of allylic oxidation sites excluding steroid dienone is 1. The van der Waals surface area contributed by atoms with Crippen LogP contribution in [0, 0.1) is 6.92 Å². The van der Waals surface area contributed by atoms with Crippen molar-refractivity contribution in [3.63, 3.8) is 0 Å². The summed E-state index contributed by atoms with van der Waals surface area (Å²) in [4.78, 5) is 32.3. The first-order valence-corrected chi connectivity index (χ1v) is 13.8. The first-order chi connectivity index (χ1) is 17.3. The molecule has 4 aromatic rings. The van der Waals surface area contributed by atoms with E-state index in [9.17, 15) is 9.59 Å². The summed E-state index contributed by atoms with van der Waals surface area (Å²) in [5.74, 6) is -0.461. The molecule has 1 atom stereocenters. The van der Waals surface area contributed by atoms with E-state index in [1.54, 1.807) is 18.4 Å². The third-order valence-electron chi connectivity index (χ3n) is 6.24. The molecule has 1 aliphatic heterocycles. The molecule has 3 aromatic carbocycles. The molecule has 0 saturated carbocycles. The van der Waals surface area contributed by atoms with Crippen molar-refractivity contribution in [1.82, 2.24) is 4.57 Å². The van der Waals surface area contributed by atoms with Gasteiger partial charge < -0.3 is 4.74 Å². The van der Waals surface area contributed by atoms with Crippen LogP contribution in [-0.2, 0) is 9.53 Å². The van der Waals surface area contributed by atoms with E-state index in [0.29, 0.717) is 20.6 Å². The van der Waals surface area contributed by atoms with Crippen LogP contribution in [0.15, 0.2) is 84.6 Å². The van der Waals surface area contributed by atoms with E-state index in [0.717, 1.165) is 36.4 Å². The van der Waals surface area contributed by atoms with Gasteiger partial charge in [0.2, 0.25) is 0 Å². The normalized spacial score (nSPS) is 15.7. The highest BCUT2D eigenvalue weighted by Crippen LogP contribution is 2.35. The van der Waals surface area contributed by atoms with Gasteiger partial charge in [-0.15, -0.1) is 0 Å². The fourth-order valence-corrected chi connectivity index (χ4v) is 6.74. The predicted molar refractivity (Wildman–Crippen MR) is 151 cm³/mol. The first kappa shape index (κ1) is 24.9. The number of fused-ring (bicyclic) bond motifs is 2. The number of thiazole rings is 1. The second-order valence-corrected chi connectivity index (χ2v) is 11.2. The summed E-state index contributed by atoms with van der Waals surface area (Å²) in [5.41, 5.74) is 3.57. The van der Waals surface area contributed by atoms with Crippen molar-refractivity contribution in [1.29, 1.82) is 0 Å². The largest absolute Gasteiger partial charge is 0.463 e. The van der Waals surface area contributed by atoms with Gasteiger partial charge in [-0.25, -0.2) is 9.79 Å². The monoisotopic (exact) mass is 624 g/mol. The molecule has 0 amide bonds. The van der Waals surface area contributed by atoms with E-state index >= 15 is 0 Å². The van der Waals surface area contributed by atoms with Crippen LogP contribution in [-0.4, -0.2) is 17.1 Å². The van der Waals surface area contributed by atoms with Crippen LogP contribution >= 0.6 is 43.2 Å². The van der Waals surface area contributed by atoms with Crippen molar-refractivity contribution in [2.75, 3.05) is 6.61 Å². The molecular formula is C28H22Br2N2O3S. The molecule has 0 saturated heterocycles. The first-order valence-electron chi connectivity index (χ1n) is 11.4. The Labute approximate surface area is 228 Å². The summed E-state index contributed by atoms with van der Waals surface area (Å²) in [6, 6.07) is 17.2. The number of hydrogen-bond donors (Lipinski definition) is 0. The Kier molecular flexibility index (Phi) is 6.85. The van der Waals surface area contributed by atoms with Gasteiger partial charge >= 0.3 is 5.97 Å².